The summed E-state index contributed by atoms with van der Waals surface area (Å²) in [4.78, 5) is 26.2. The van der Waals surface area contributed by atoms with Gasteiger partial charge in [-0.05, 0) is 51.4 Å². The van der Waals surface area contributed by atoms with E-state index in [1.165, 1.54) is 218 Å². The van der Waals surface area contributed by atoms with Crippen LogP contribution in [0.1, 0.15) is 316 Å². The maximum Gasteiger partial charge on any atom is 0.306 e. The molecule has 6 heteroatoms. The van der Waals surface area contributed by atoms with Gasteiger partial charge in [0.05, 0.1) is 25.2 Å². The number of aliphatic hydroxyl groups is 2. The van der Waals surface area contributed by atoms with E-state index in [9.17, 15) is 19.8 Å². The fraction of sp³-hybridized carbons (Fsp3) is 0.930. The van der Waals surface area contributed by atoms with Gasteiger partial charge in [-0.1, -0.05) is 264 Å². The maximum atomic E-state index is 13.2. The van der Waals surface area contributed by atoms with E-state index in [0.29, 0.717) is 19.3 Å². The van der Waals surface area contributed by atoms with Crippen molar-refractivity contribution in [3.05, 3.63) is 12.2 Å². The number of hydrogen-bond acceptors (Lipinski definition) is 5. The maximum absolute atomic E-state index is 13.2. The summed E-state index contributed by atoms with van der Waals surface area (Å²) in [6.07, 6.45) is 58.5. The molecule has 0 spiro atoms. The van der Waals surface area contributed by atoms with E-state index in [1.807, 2.05) is 0 Å². The number of ether oxygens (including phenoxy) is 1. The molecule has 63 heavy (non-hydrogen) atoms. The van der Waals surface area contributed by atoms with Crippen LogP contribution in [0.15, 0.2) is 12.2 Å². The van der Waals surface area contributed by atoms with E-state index in [1.54, 1.807) is 0 Å². The third-order valence-electron chi connectivity index (χ3n) is 13.3. The van der Waals surface area contributed by atoms with Crippen molar-refractivity contribution in [1.29, 1.82) is 0 Å². The lowest BCUT2D eigenvalue weighted by molar-refractivity contribution is -0.151. The zero-order valence-electron chi connectivity index (χ0n) is 42.7. The van der Waals surface area contributed by atoms with Crippen LogP contribution in [0.2, 0.25) is 0 Å². The smallest absolute Gasteiger partial charge is 0.306 e. The van der Waals surface area contributed by atoms with Crippen molar-refractivity contribution < 1.29 is 24.5 Å². The Bertz CT molecular complexity index is 955. The first-order chi connectivity index (χ1) is 31.0. The highest BCUT2D eigenvalue weighted by Crippen LogP contribution is 2.19. The van der Waals surface area contributed by atoms with Crippen molar-refractivity contribution in [1.82, 2.24) is 5.32 Å². The number of carbonyl (C=O) groups is 2. The number of aliphatic hydroxyl groups excluding tert-OH is 2. The molecule has 0 aliphatic carbocycles. The lowest BCUT2D eigenvalue weighted by Gasteiger charge is -2.24. The molecule has 0 radical (unpaired) electrons. The van der Waals surface area contributed by atoms with Crippen molar-refractivity contribution in [2.75, 3.05) is 6.61 Å². The summed E-state index contributed by atoms with van der Waals surface area (Å²) in [5.41, 5.74) is 0. The van der Waals surface area contributed by atoms with Crippen LogP contribution in [0.25, 0.3) is 0 Å². The Kier molecular flexibility index (Phi) is 50.4. The molecule has 3 unspecified atom stereocenters. The minimum Gasteiger partial charge on any atom is -0.462 e. The Morgan fingerprint density at radius 2 is 0.762 bits per heavy atom. The summed E-state index contributed by atoms with van der Waals surface area (Å²) in [5.74, 6) is -0.456. The Balaban J connectivity index is 4.50. The van der Waals surface area contributed by atoms with Gasteiger partial charge in [0, 0.05) is 6.42 Å². The molecular formula is C57H111NO5. The number of unbranched alkanes of at least 4 members (excludes halogenated alkanes) is 38. The Morgan fingerprint density at radius 3 is 1.13 bits per heavy atom. The van der Waals surface area contributed by atoms with Gasteiger partial charge in [0.2, 0.25) is 5.91 Å². The van der Waals surface area contributed by atoms with Crippen LogP contribution in [0, 0.1) is 0 Å². The standard InChI is InChI=1S/C57H111NO5/c1-4-7-10-13-16-19-22-24-26-28-30-32-34-36-39-42-45-48-53(51-56(61)58-54(52-59)55(60)49-46-43-40-37-21-18-15-12-9-6-3)63-57(62)50-47-44-41-38-35-33-31-29-27-25-23-20-17-14-11-8-5-2/h24,26,53-55,59-60H,4-23,25,27-52H2,1-3H3,(H,58,61)/b26-24+. The molecule has 0 aromatic heterocycles. The summed E-state index contributed by atoms with van der Waals surface area (Å²) in [6, 6.07) is -0.696. The lowest BCUT2D eigenvalue weighted by atomic mass is 10.0. The van der Waals surface area contributed by atoms with Gasteiger partial charge in [-0.3, -0.25) is 9.59 Å². The number of esters is 1. The van der Waals surface area contributed by atoms with Gasteiger partial charge in [0.15, 0.2) is 0 Å². The highest BCUT2D eigenvalue weighted by Gasteiger charge is 2.24. The van der Waals surface area contributed by atoms with Gasteiger partial charge in [-0.2, -0.15) is 0 Å². The first-order valence-corrected chi connectivity index (χ1v) is 28.4. The number of amides is 1. The summed E-state index contributed by atoms with van der Waals surface area (Å²) >= 11 is 0. The number of rotatable bonds is 52. The van der Waals surface area contributed by atoms with Crippen molar-refractivity contribution in [3.8, 4) is 0 Å². The van der Waals surface area contributed by atoms with E-state index >= 15 is 0 Å². The molecule has 0 aromatic carbocycles. The predicted molar refractivity (Wildman–Crippen MR) is 273 cm³/mol. The average Bonchev–Trinajstić information content (AvgIpc) is 3.28. The van der Waals surface area contributed by atoms with Gasteiger partial charge in [0.25, 0.3) is 0 Å². The molecule has 3 atom stereocenters. The highest BCUT2D eigenvalue weighted by atomic mass is 16.5. The van der Waals surface area contributed by atoms with Crippen molar-refractivity contribution in [3.63, 3.8) is 0 Å². The number of hydrogen-bond donors (Lipinski definition) is 3. The van der Waals surface area contributed by atoms with E-state index in [2.05, 4.69) is 38.2 Å². The predicted octanol–water partition coefficient (Wildman–Crippen LogP) is 17.3. The molecule has 0 fully saturated rings. The summed E-state index contributed by atoms with van der Waals surface area (Å²) < 4.78 is 5.96. The minimum atomic E-state index is -0.783. The van der Waals surface area contributed by atoms with E-state index in [0.717, 1.165) is 51.4 Å². The molecule has 1 amide bonds. The van der Waals surface area contributed by atoms with Gasteiger partial charge >= 0.3 is 5.97 Å². The number of carbonyl (C=O) groups excluding carboxylic acids is 2. The van der Waals surface area contributed by atoms with Crippen molar-refractivity contribution in [2.45, 2.75) is 334 Å². The molecule has 0 rings (SSSR count). The Hall–Kier alpha value is -1.40. The van der Waals surface area contributed by atoms with Crippen LogP contribution in [0.5, 0.6) is 0 Å². The monoisotopic (exact) mass is 890 g/mol. The molecule has 0 aliphatic heterocycles. The molecule has 6 nitrogen and oxygen atoms in total. The molecule has 3 N–H and O–H groups in total. The lowest BCUT2D eigenvalue weighted by Crippen LogP contribution is -2.46. The molecule has 0 heterocycles. The number of nitrogens with one attached hydrogen (secondary N) is 1. The third kappa shape index (κ3) is 46.9. The molecule has 0 aromatic rings. The van der Waals surface area contributed by atoms with E-state index in [-0.39, 0.29) is 24.9 Å². The minimum absolute atomic E-state index is 0.0820. The fourth-order valence-corrected chi connectivity index (χ4v) is 9.02. The van der Waals surface area contributed by atoms with Gasteiger partial charge in [-0.15, -0.1) is 0 Å². The van der Waals surface area contributed by atoms with Crippen LogP contribution in [0.4, 0.5) is 0 Å². The first-order valence-electron chi connectivity index (χ1n) is 28.4. The Labute approximate surface area is 393 Å². The number of allylic oxidation sites excluding steroid dienone is 2. The second kappa shape index (κ2) is 51.6. The van der Waals surface area contributed by atoms with Crippen LogP contribution in [-0.4, -0.2) is 46.9 Å². The third-order valence-corrected chi connectivity index (χ3v) is 13.3. The average molecular weight is 891 g/mol. The second-order valence-corrected chi connectivity index (χ2v) is 19.7. The van der Waals surface area contributed by atoms with Crippen LogP contribution < -0.4 is 5.32 Å². The molecule has 0 saturated heterocycles. The summed E-state index contributed by atoms with van der Waals surface area (Å²) in [6.45, 7) is 6.51. The summed E-state index contributed by atoms with van der Waals surface area (Å²) in [5, 5.41) is 23.8. The molecule has 0 bridgehead atoms. The second-order valence-electron chi connectivity index (χ2n) is 19.7. The molecule has 0 saturated carbocycles. The SMILES string of the molecule is CCCCCCCC/C=C/CCCCCCCCCC(CC(=O)NC(CO)C(O)CCCCCCCCCCCC)OC(=O)CCCCCCCCCCCCCCCCCCC. The molecular weight excluding hydrogens is 779 g/mol. The van der Waals surface area contributed by atoms with Crippen molar-refractivity contribution in [2.24, 2.45) is 0 Å². The van der Waals surface area contributed by atoms with Gasteiger partial charge < -0.3 is 20.3 Å². The molecule has 0 aliphatic rings. The van der Waals surface area contributed by atoms with Gasteiger partial charge in [0.1, 0.15) is 6.10 Å². The summed E-state index contributed by atoms with van der Waals surface area (Å²) in [7, 11) is 0. The normalized spacial score (nSPS) is 13.2. The van der Waals surface area contributed by atoms with Crippen LogP contribution in [0.3, 0.4) is 0 Å². The quantitative estimate of drug-likeness (QED) is 0.0321. The van der Waals surface area contributed by atoms with Crippen molar-refractivity contribution >= 4 is 11.9 Å². The highest BCUT2D eigenvalue weighted by molar-refractivity contribution is 5.77. The van der Waals surface area contributed by atoms with E-state index < -0.39 is 18.2 Å². The first kappa shape index (κ1) is 61.6. The van der Waals surface area contributed by atoms with E-state index in [4.69, 9.17) is 4.74 Å². The zero-order chi connectivity index (χ0) is 45.9. The molecule has 374 valence electrons. The largest absolute Gasteiger partial charge is 0.462 e. The fourth-order valence-electron chi connectivity index (χ4n) is 9.02. The van der Waals surface area contributed by atoms with Crippen LogP contribution in [-0.2, 0) is 14.3 Å². The topological polar surface area (TPSA) is 95.9 Å². The zero-order valence-corrected chi connectivity index (χ0v) is 42.7. The Morgan fingerprint density at radius 1 is 0.444 bits per heavy atom. The van der Waals surface area contributed by atoms with Crippen LogP contribution >= 0.6 is 0 Å². The van der Waals surface area contributed by atoms with Gasteiger partial charge in [-0.25, -0.2) is 0 Å².